The molecule has 0 atom stereocenters. The van der Waals surface area contributed by atoms with Crippen molar-refractivity contribution in [1.29, 1.82) is 5.26 Å². The Morgan fingerprint density at radius 1 is 1.23 bits per heavy atom. The molecule has 0 aliphatic rings. The van der Waals surface area contributed by atoms with Crippen molar-refractivity contribution in [1.82, 2.24) is 9.55 Å². The van der Waals surface area contributed by atoms with Gasteiger partial charge in [0.1, 0.15) is 0 Å². The summed E-state index contributed by atoms with van der Waals surface area (Å²) < 4.78 is 7.20. The molecule has 0 saturated carbocycles. The number of esters is 1. The van der Waals surface area contributed by atoms with Gasteiger partial charge in [0.05, 0.1) is 34.8 Å². The molecule has 1 aromatic heterocycles. The zero-order chi connectivity index (χ0) is 18.5. The molecule has 0 amide bonds. The lowest BCUT2D eigenvalue weighted by molar-refractivity contribution is 0.0526. The molecule has 3 aromatic rings. The average Bonchev–Trinajstić information content (AvgIpc) is 3.03. The largest absolute Gasteiger partial charge is 0.462 e. The lowest BCUT2D eigenvalue weighted by Gasteiger charge is -2.06. The van der Waals surface area contributed by atoms with Crippen LogP contribution in [0.15, 0.2) is 47.6 Å². The van der Waals surface area contributed by atoms with Crippen LogP contribution in [0.5, 0.6) is 0 Å². The van der Waals surface area contributed by atoms with Crippen molar-refractivity contribution in [2.45, 2.75) is 31.3 Å². The molecule has 26 heavy (non-hydrogen) atoms. The molecule has 0 saturated heterocycles. The number of ether oxygens (including phenoxy) is 1. The molecule has 0 spiro atoms. The van der Waals surface area contributed by atoms with Gasteiger partial charge < -0.3 is 9.30 Å². The first-order chi connectivity index (χ1) is 12.7. The molecule has 0 fully saturated rings. The summed E-state index contributed by atoms with van der Waals surface area (Å²) in [5.41, 5.74) is 4.10. The number of fused-ring (bicyclic) bond motifs is 1. The van der Waals surface area contributed by atoms with Crippen LogP contribution < -0.4 is 0 Å². The van der Waals surface area contributed by atoms with E-state index < -0.39 is 0 Å². The molecule has 0 N–H and O–H groups in total. The van der Waals surface area contributed by atoms with Crippen LogP contribution in [-0.4, -0.2) is 22.1 Å². The van der Waals surface area contributed by atoms with Gasteiger partial charge in [0.2, 0.25) is 0 Å². The summed E-state index contributed by atoms with van der Waals surface area (Å²) in [6.45, 7) is 5.02. The fraction of sp³-hybridized carbons (Fsp3) is 0.250. The molecule has 0 aliphatic carbocycles. The van der Waals surface area contributed by atoms with E-state index in [9.17, 15) is 4.79 Å². The number of hydrogen-bond donors (Lipinski definition) is 0. The van der Waals surface area contributed by atoms with Crippen LogP contribution in [0.25, 0.3) is 11.0 Å². The van der Waals surface area contributed by atoms with Gasteiger partial charge in [-0.3, -0.25) is 0 Å². The first-order valence-corrected chi connectivity index (χ1v) is 9.44. The molecule has 3 rings (SSSR count). The zero-order valence-corrected chi connectivity index (χ0v) is 15.5. The van der Waals surface area contributed by atoms with E-state index in [1.54, 1.807) is 30.8 Å². The number of aryl methyl sites for hydroxylation is 1. The van der Waals surface area contributed by atoms with E-state index in [0.717, 1.165) is 34.1 Å². The summed E-state index contributed by atoms with van der Waals surface area (Å²) in [7, 11) is 0. The number of nitriles is 1. The third kappa shape index (κ3) is 3.73. The Hall–Kier alpha value is -2.78. The van der Waals surface area contributed by atoms with Crippen LogP contribution in [0.4, 0.5) is 0 Å². The molecule has 1 heterocycles. The standard InChI is InChI=1S/C20H19N3O2S/c1-3-23-18-10-9-16(19(24)25-4-2)11-17(18)22-20(23)26-13-15-7-5-14(12-21)6-8-15/h5-11H,3-4,13H2,1-2H3. The van der Waals surface area contributed by atoms with Gasteiger partial charge in [-0.25, -0.2) is 9.78 Å². The number of carbonyl (C=O) groups excluding carboxylic acids is 1. The maximum Gasteiger partial charge on any atom is 0.338 e. The Morgan fingerprint density at radius 3 is 2.65 bits per heavy atom. The minimum Gasteiger partial charge on any atom is -0.462 e. The van der Waals surface area contributed by atoms with Crippen molar-refractivity contribution in [3.8, 4) is 6.07 Å². The van der Waals surface area contributed by atoms with Crippen LogP contribution in [0.1, 0.15) is 35.3 Å². The number of rotatable bonds is 6. The number of carbonyl (C=O) groups is 1. The highest BCUT2D eigenvalue weighted by atomic mass is 32.2. The van der Waals surface area contributed by atoms with Crippen LogP contribution in [0.2, 0.25) is 0 Å². The van der Waals surface area contributed by atoms with Crippen molar-refractivity contribution in [2.75, 3.05) is 6.61 Å². The molecule has 0 bridgehead atoms. The first kappa shape index (κ1) is 18.0. The highest BCUT2D eigenvalue weighted by Gasteiger charge is 2.14. The van der Waals surface area contributed by atoms with Crippen molar-refractivity contribution in [3.05, 3.63) is 59.2 Å². The average molecular weight is 365 g/mol. The Kier molecular flexibility index (Phi) is 5.59. The van der Waals surface area contributed by atoms with Crippen molar-refractivity contribution in [2.24, 2.45) is 0 Å². The number of imidazole rings is 1. The predicted molar refractivity (Wildman–Crippen MR) is 102 cm³/mol. The van der Waals surface area contributed by atoms with Crippen molar-refractivity contribution in [3.63, 3.8) is 0 Å². The molecule has 0 radical (unpaired) electrons. The summed E-state index contributed by atoms with van der Waals surface area (Å²) >= 11 is 1.64. The number of nitrogens with zero attached hydrogens (tertiary/aromatic N) is 3. The van der Waals surface area contributed by atoms with Crippen LogP contribution in [0, 0.1) is 11.3 Å². The smallest absolute Gasteiger partial charge is 0.338 e. The molecule has 6 heteroatoms. The quantitative estimate of drug-likeness (QED) is 0.478. The topological polar surface area (TPSA) is 67.9 Å². The normalized spacial score (nSPS) is 10.7. The van der Waals surface area contributed by atoms with Gasteiger partial charge in [-0.1, -0.05) is 23.9 Å². The van der Waals surface area contributed by atoms with Crippen LogP contribution in [-0.2, 0) is 17.0 Å². The fourth-order valence-electron chi connectivity index (χ4n) is 2.69. The van der Waals surface area contributed by atoms with Gasteiger partial charge in [-0.15, -0.1) is 0 Å². The van der Waals surface area contributed by atoms with E-state index in [-0.39, 0.29) is 5.97 Å². The fourth-order valence-corrected chi connectivity index (χ4v) is 3.72. The summed E-state index contributed by atoms with van der Waals surface area (Å²) in [6, 6.07) is 15.2. The van der Waals surface area contributed by atoms with E-state index >= 15 is 0 Å². The number of hydrogen-bond acceptors (Lipinski definition) is 5. The summed E-state index contributed by atoms with van der Waals surface area (Å²) in [6.07, 6.45) is 0. The number of benzene rings is 2. The Bertz CT molecular complexity index is 971. The first-order valence-electron chi connectivity index (χ1n) is 8.45. The van der Waals surface area contributed by atoms with Gasteiger partial charge in [-0.05, 0) is 49.7 Å². The third-order valence-corrected chi connectivity index (χ3v) is 5.04. The monoisotopic (exact) mass is 365 g/mol. The second kappa shape index (κ2) is 8.07. The predicted octanol–water partition coefficient (Wildman–Crippen LogP) is 4.40. The molecule has 132 valence electrons. The minimum absolute atomic E-state index is 0.327. The summed E-state index contributed by atoms with van der Waals surface area (Å²) in [4.78, 5) is 16.6. The van der Waals surface area contributed by atoms with Crippen LogP contribution >= 0.6 is 11.8 Å². The summed E-state index contributed by atoms with van der Waals surface area (Å²) in [5.74, 6) is 0.437. The van der Waals surface area contributed by atoms with Gasteiger partial charge in [0.15, 0.2) is 5.16 Å². The van der Waals surface area contributed by atoms with E-state index in [0.29, 0.717) is 17.7 Å². The van der Waals surface area contributed by atoms with Crippen molar-refractivity contribution < 1.29 is 9.53 Å². The second-order valence-electron chi connectivity index (χ2n) is 5.66. The van der Waals surface area contributed by atoms with Gasteiger partial charge in [0.25, 0.3) is 0 Å². The number of aromatic nitrogens is 2. The van der Waals surface area contributed by atoms with E-state index in [1.807, 2.05) is 30.3 Å². The van der Waals surface area contributed by atoms with E-state index in [1.165, 1.54) is 0 Å². The van der Waals surface area contributed by atoms with Crippen LogP contribution in [0.3, 0.4) is 0 Å². The zero-order valence-electron chi connectivity index (χ0n) is 14.7. The maximum absolute atomic E-state index is 11.9. The number of thioether (sulfide) groups is 1. The third-order valence-electron chi connectivity index (χ3n) is 3.99. The molecule has 0 unspecified atom stereocenters. The summed E-state index contributed by atoms with van der Waals surface area (Å²) in [5, 5.41) is 9.79. The SMILES string of the molecule is CCOC(=O)c1ccc2c(c1)nc(SCc1ccc(C#N)cc1)n2CC. The maximum atomic E-state index is 11.9. The lowest BCUT2D eigenvalue weighted by Crippen LogP contribution is -2.04. The molecule has 2 aromatic carbocycles. The lowest BCUT2D eigenvalue weighted by atomic mass is 10.2. The molecular formula is C20H19N3O2S. The van der Waals surface area contributed by atoms with E-state index in [4.69, 9.17) is 15.0 Å². The Balaban J connectivity index is 1.85. The van der Waals surface area contributed by atoms with Gasteiger partial charge in [-0.2, -0.15) is 5.26 Å². The molecule has 5 nitrogen and oxygen atoms in total. The van der Waals surface area contributed by atoms with Crippen molar-refractivity contribution >= 4 is 28.8 Å². The molecule has 0 aliphatic heterocycles. The highest BCUT2D eigenvalue weighted by Crippen LogP contribution is 2.27. The Morgan fingerprint density at radius 2 is 2.00 bits per heavy atom. The van der Waals surface area contributed by atoms with Gasteiger partial charge >= 0.3 is 5.97 Å². The second-order valence-corrected chi connectivity index (χ2v) is 6.60. The molecular weight excluding hydrogens is 346 g/mol. The van der Waals surface area contributed by atoms with E-state index in [2.05, 4.69) is 17.6 Å². The highest BCUT2D eigenvalue weighted by molar-refractivity contribution is 7.98. The van der Waals surface area contributed by atoms with Gasteiger partial charge in [0, 0.05) is 12.3 Å². The Labute approximate surface area is 156 Å². The minimum atomic E-state index is -0.327.